The molecule has 8 nitrogen and oxygen atoms in total. The summed E-state index contributed by atoms with van der Waals surface area (Å²) >= 11 is 0. The number of nitrogens with one attached hydrogen (secondary N) is 2. The van der Waals surface area contributed by atoms with Crippen LogP contribution in [0, 0.1) is 0 Å². The highest BCUT2D eigenvalue weighted by molar-refractivity contribution is 5.80. The fourth-order valence-electron chi connectivity index (χ4n) is 3.28. The molecule has 0 radical (unpaired) electrons. The molecule has 1 amide bonds. The Kier molecular flexibility index (Phi) is 11.0. The van der Waals surface area contributed by atoms with Crippen molar-refractivity contribution in [2.45, 2.75) is 45.9 Å². The maximum atomic E-state index is 11.8. The average Bonchev–Trinajstić information content (AvgIpc) is 2.77. The molecule has 1 aromatic carbocycles. The molecular formula is C22H36N4O4. The summed E-state index contributed by atoms with van der Waals surface area (Å²) in [6.45, 7) is 8.79. The third-order valence-electron chi connectivity index (χ3n) is 4.88. The summed E-state index contributed by atoms with van der Waals surface area (Å²) < 4.78 is 16.0. The summed E-state index contributed by atoms with van der Waals surface area (Å²) in [5.74, 6) is 0.767. The van der Waals surface area contributed by atoms with Crippen LogP contribution < -0.4 is 10.6 Å². The van der Waals surface area contributed by atoms with Gasteiger partial charge >= 0.3 is 6.09 Å². The van der Waals surface area contributed by atoms with Crippen molar-refractivity contribution < 1.29 is 19.0 Å². The standard InChI is InChI=1S/C22H36N4O4/c1-4-28-13-14-29-17-19-8-6-7-18(15-19)16-24-21(23-3)25-20-9-11-26(12-10-20)22(27)30-5-2/h6-8,15,20H,4-5,9-14,16-17H2,1-3H3,(H2,23,24,25). The predicted molar refractivity (Wildman–Crippen MR) is 118 cm³/mol. The lowest BCUT2D eigenvalue weighted by Gasteiger charge is -2.32. The second-order valence-electron chi connectivity index (χ2n) is 7.10. The average molecular weight is 421 g/mol. The van der Waals surface area contributed by atoms with E-state index >= 15 is 0 Å². The Morgan fingerprint density at radius 1 is 1.13 bits per heavy atom. The lowest BCUT2D eigenvalue weighted by Crippen LogP contribution is -2.49. The quantitative estimate of drug-likeness (QED) is 0.344. The van der Waals surface area contributed by atoms with Crippen molar-refractivity contribution in [1.29, 1.82) is 0 Å². The van der Waals surface area contributed by atoms with Crippen molar-refractivity contribution in [3.63, 3.8) is 0 Å². The third-order valence-corrected chi connectivity index (χ3v) is 4.88. The molecule has 1 fully saturated rings. The highest BCUT2D eigenvalue weighted by Gasteiger charge is 2.23. The van der Waals surface area contributed by atoms with Gasteiger partial charge in [0.1, 0.15) is 0 Å². The van der Waals surface area contributed by atoms with Gasteiger partial charge in [0.25, 0.3) is 0 Å². The number of piperidine rings is 1. The van der Waals surface area contributed by atoms with Gasteiger partial charge in [-0.1, -0.05) is 24.3 Å². The number of hydrogen-bond donors (Lipinski definition) is 2. The first kappa shape index (κ1) is 24.0. The molecule has 1 aliphatic rings. The molecule has 0 bridgehead atoms. The van der Waals surface area contributed by atoms with Crippen molar-refractivity contribution in [2.75, 3.05) is 46.6 Å². The minimum Gasteiger partial charge on any atom is -0.450 e. The third kappa shape index (κ3) is 8.59. The molecule has 1 heterocycles. The Bertz CT molecular complexity index is 660. The van der Waals surface area contributed by atoms with Crippen molar-refractivity contribution in [2.24, 2.45) is 4.99 Å². The van der Waals surface area contributed by atoms with Crippen molar-refractivity contribution >= 4 is 12.1 Å². The first-order valence-corrected chi connectivity index (χ1v) is 10.8. The van der Waals surface area contributed by atoms with E-state index in [0.29, 0.717) is 52.7 Å². The molecule has 0 unspecified atom stereocenters. The number of carbonyl (C=O) groups is 1. The van der Waals surface area contributed by atoms with Crippen LogP contribution in [0.3, 0.4) is 0 Å². The maximum Gasteiger partial charge on any atom is 0.409 e. The lowest BCUT2D eigenvalue weighted by atomic mass is 10.1. The van der Waals surface area contributed by atoms with Gasteiger partial charge in [-0.05, 0) is 37.8 Å². The second kappa shape index (κ2) is 13.8. The molecule has 0 aromatic heterocycles. The van der Waals surface area contributed by atoms with Crippen LogP contribution in [0.4, 0.5) is 4.79 Å². The van der Waals surface area contributed by atoms with Gasteiger partial charge in [0.2, 0.25) is 0 Å². The highest BCUT2D eigenvalue weighted by atomic mass is 16.6. The van der Waals surface area contributed by atoms with Crippen LogP contribution in [-0.2, 0) is 27.4 Å². The van der Waals surface area contributed by atoms with E-state index in [1.165, 1.54) is 5.56 Å². The van der Waals surface area contributed by atoms with Crippen molar-refractivity contribution in [3.05, 3.63) is 35.4 Å². The number of guanidine groups is 1. The van der Waals surface area contributed by atoms with Gasteiger partial charge in [-0.3, -0.25) is 4.99 Å². The summed E-state index contributed by atoms with van der Waals surface area (Å²) in [5.41, 5.74) is 2.31. The van der Waals surface area contributed by atoms with Crippen molar-refractivity contribution in [1.82, 2.24) is 15.5 Å². The van der Waals surface area contributed by atoms with E-state index in [1.807, 2.05) is 19.9 Å². The fourth-order valence-corrected chi connectivity index (χ4v) is 3.28. The number of aliphatic imine (C=N–C) groups is 1. The van der Waals surface area contributed by atoms with Crippen LogP contribution in [0.15, 0.2) is 29.3 Å². The molecule has 30 heavy (non-hydrogen) atoms. The Hall–Kier alpha value is -2.32. The zero-order valence-corrected chi connectivity index (χ0v) is 18.5. The minimum atomic E-state index is -0.222. The van der Waals surface area contributed by atoms with Gasteiger partial charge in [0, 0.05) is 39.3 Å². The number of amides is 1. The van der Waals surface area contributed by atoms with E-state index in [9.17, 15) is 4.79 Å². The SMILES string of the molecule is CCOCCOCc1cccc(CNC(=NC)NC2CCN(C(=O)OCC)CC2)c1. The van der Waals surface area contributed by atoms with Crippen molar-refractivity contribution in [3.8, 4) is 0 Å². The first-order chi connectivity index (χ1) is 14.7. The van der Waals surface area contributed by atoms with Gasteiger partial charge in [-0.25, -0.2) is 4.79 Å². The topological polar surface area (TPSA) is 84.4 Å². The summed E-state index contributed by atoms with van der Waals surface area (Å²) in [7, 11) is 1.77. The number of ether oxygens (including phenoxy) is 3. The molecule has 0 spiro atoms. The Morgan fingerprint density at radius 2 is 1.87 bits per heavy atom. The minimum absolute atomic E-state index is 0.222. The molecule has 0 atom stereocenters. The number of carbonyl (C=O) groups excluding carboxylic acids is 1. The summed E-state index contributed by atoms with van der Waals surface area (Å²) in [4.78, 5) is 17.9. The zero-order valence-electron chi connectivity index (χ0n) is 18.5. The molecule has 1 aliphatic heterocycles. The number of likely N-dealkylation sites (tertiary alicyclic amines) is 1. The number of benzene rings is 1. The molecule has 0 aliphatic carbocycles. The van der Waals surface area contributed by atoms with Crippen LogP contribution in [0.1, 0.15) is 37.8 Å². The van der Waals surface area contributed by atoms with E-state index in [1.54, 1.807) is 11.9 Å². The van der Waals surface area contributed by atoms with Gasteiger partial charge in [-0.15, -0.1) is 0 Å². The molecule has 2 N–H and O–H groups in total. The molecule has 168 valence electrons. The normalized spacial score (nSPS) is 15.2. The van der Waals surface area contributed by atoms with E-state index in [4.69, 9.17) is 14.2 Å². The first-order valence-electron chi connectivity index (χ1n) is 10.8. The van der Waals surface area contributed by atoms with Crippen LogP contribution >= 0.6 is 0 Å². The van der Waals surface area contributed by atoms with Crippen LogP contribution in [0.2, 0.25) is 0 Å². The van der Waals surface area contributed by atoms with Gasteiger partial charge < -0.3 is 29.7 Å². The maximum absolute atomic E-state index is 11.8. The van der Waals surface area contributed by atoms with Gasteiger partial charge in [0.05, 0.1) is 26.4 Å². The lowest BCUT2D eigenvalue weighted by molar-refractivity contribution is 0.0453. The summed E-state index contributed by atoms with van der Waals surface area (Å²) in [6.07, 6.45) is 1.52. The van der Waals surface area contributed by atoms with E-state index in [0.717, 1.165) is 24.4 Å². The summed E-state index contributed by atoms with van der Waals surface area (Å²) in [6, 6.07) is 8.61. The molecule has 2 rings (SSSR count). The van der Waals surface area contributed by atoms with Gasteiger partial charge in [-0.2, -0.15) is 0 Å². The monoisotopic (exact) mass is 420 g/mol. The largest absolute Gasteiger partial charge is 0.450 e. The Labute approximate surface area is 180 Å². The molecular weight excluding hydrogens is 384 g/mol. The van der Waals surface area contributed by atoms with Crippen LogP contribution in [-0.4, -0.2) is 69.6 Å². The molecule has 8 heteroatoms. The highest BCUT2D eigenvalue weighted by Crippen LogP contribution is 2.12. The number of nitrogens with zero attached hydrogens (tertiary/aromatic N) is 2. The zero-order chi connectivity index (χ0) is 21.6. The smallest absolute Gasteiger partial charge is 0.409 e. The van der Waals surface area contributed by atoms with E-state index < -0.39 is 0 Å². The van der Waals surface area contributed by atoms with E-state index in [-0.39, 0.29) is 12.1 Å². The Balaban J connectivity index is 1.73. The number of rotatable bonds is 10. The molecule has 0 saturated carbocycles. The van der Waals surface area contributed by atoms with Gasteiger partial charge in [0.15, 0.2) is 5.96 Å². The van der Waals surface area contributed by atoms with E-state index in [2.05, 4.69) is 33.8 Å². The second-order valence-corrected chi connectivity index (χ2v) is 7.10. The summed E-state index contributed by atoms with van der Waals surface area (Å²) in [5, 5.41) is 6.83. The number of hydrogen-bond acceptors (Lipinski definition) is 5. The molecule has 1 aromatic rings. The van der Waals surface area contributed by atoms with Crippen LogP contribution in [0.25, 0.3) is 0 Å². The fraction of sp³-hybridized carbons (Fsp3) is 0.636. The Morgan fingerprint density at radius 3 is 2.57 bits per heavy atom. The molecule has 1 saturated heterocycles. The van der Waals surface area contributed by atoms with Crippen LogP contribution in [0.5, 0.6) is 0 Å². The predicted octanol–water partition coefficient (Wildman–Crippen LogP) is 2.53.